The molecular formula is C20H18ClNO4S. The van der Waals surface area contributed by atoms with Crippen molar-refractivity contribution in [1.82, 2.24) is 4.90 Å². The van der Waals surface area contributed by atoms with E-state index < -0.39 is 17.9 Å². The van der Waals surface area contributed by atoms with Gasteiger partial charge in [0.25, 0.3) is 0 Å². The summed E-state index contributed by atoms with van der Waals surface area (Å²) in [5, 5.41) is 2.55. The standard InChI is InChI=1S/C20H18ClNO4S/c1-25-19(23)16-11-22(10-15-4-3-9-27-15)12-17(20(24)26-2)18(16)13-5-7-14(21)8-6-13/h3-9,11-12,18H,10H2,1-2H3. The van der Waals surface area contributed by atoms with Gasteiger partial charge in [-0.1, -0.05) is 29.8 Å². The summed E-state index contributed by atoms with van der Waals surface area (Å²) in [6, 6.07) is 11.0. The third kappa shape index (κ3) is 4.23. The molecule has 0 unspecified atom stereocenters. The molecule has 0 fully saturated rings. The van der Waals surface area contributed by atoms with Crippen LogP contribution in [0.1, 0.15) is 16.4 Å². The van der Waals surface area contributed by atoms with Gasteiger partial charge in [0.05, 0.1) is 37.8 Å². The van der Waals surface area contributed by atoms with Crippen molar-refractivity contribution in [1.29, 1.82) is 0 Å². The molecule has 2 heterocycles. The largest absolute Gasteiger partial charge is 0.466 e. The van der Waals surface area contributed by atoms with E-state index in [1.165, 1.54) is 14.2 Å². The highest BCUT2D eigenvalue weighted by Gasteiger charge is 2.35. The van der Waals surface area contributed by atoms with E-state index in [0.717, 1.165) is 10.4 Å². The molecule has 0 atom stereocenters. The average Bonchev–Trinajstić information content (AvgIpc) is 3.20. The van der Waals surface area contributed by atoms with Crippen molar-refractivity contribution in [2.75, 3.05) is 14.2 Å². The van der Waals surface area contributed by atoms with E-state index in [0.29, 0.717) is 22.7 Å². The smallest absolute Gasteiger partial charge is 0.336 e. The minimum absolute atomic E-state index is 0.360. The maximum absolute atomic E-state index is 12.5. The molecule has 27 heavy (non-hydrogen) atoms. The average molecular weight is 404 g/mol. The second-order valence-electron chi connectivity index (χ2n) is 5.89. The van der Waals surface area contributed by atoms with E-state index in [2.05, 4.69) is 0 Å². The third-order valence-electron chi connectivity index (χ3n) is 4.20. The van der Waals surface area contributed by atoms with Crippen LogP contribution in [0.2, 0.25) is 5.02 Å². The number of nitrogens with zero attached hydrogens (tertiary/aromatic N) is 1. The van der Waals surface area contributed by atoms with Gasteiger partial charge in [-0.2, -0.15) is 0 Å². The van der Waals surface area contributed by atoms with Crippen LogP contribution in [0.4, 0.5) is 0 Å². The van der Waals surface area contributed by atoms with E-state index >= 15 is 0 Å². The SMILES string of the molecule is COC(=O)C1=CN(Cc2cccs2)C=C(C(=O)OC)C1c1ccc(Cl)cc1. The minimum Gasteiger partial charge on any atom is -0.466 e. The van der Waals surface area contributed by atoms with Crippen LogP contribution >= 0.6 is 22.9 Å². The number of hydrogen-bond donors (Lipinski definition) is 0. The Morgan fingerprint density at radius 1 is 1.04 bits per heavy atom. The van der Waals surface area contributed by atoms with E-state index in [1.807, 2.05) is 17.5 Å². The lowest BCUT2D eigenvalue weighted by Crippen LogP contribution is -2.28. The summed E-state index contributed by atoms with van der Waals surface area (Å²) in [6.07, 6.45) is 3.44. The molecule has 2 aromatic rings. The Kier molecular flexibility index (Phi) is 5.98. The molecule has 1 aliphatic rings. The maximum atomic E-state index is 12.5. The summed E-state index contributed by atoms with van der Waals surface area (Å²) in [5.41, 5.74) is 1.47. The quantitative estimate of drug-likeness (QED) is 0.703. The van der Waals surface area contributed by atoms with Gasteiger partial charge in [0, 0.05) is 22.3 Å². The van der Waals surface area contributed by atoms with Crippen LogP contribution in [0.25, 0.3) is 0 Å². The highest BCUT2D eigenvalue weighted by Crippen LogP contribution is 2.38. The molecule has 0 amide bonds. The Bertz CT molecular complexity index is 853. The molecule has 1 aromatic carbocycles. The van der Waals surface area contributed by atoms with Gasteiger partial charge in [-0.25, -0.2) is 9.59 Å². The van der Waals surface area contributed by atoms with E-state index in [1.54, 1.807) is 52.9 Å². The first-order valence-corrected chi connectivity index (χ1v) is 9.43. The molecule has 0 bridgehead atoms. The van der Waals surface area contributed by atoms with Crippen molar-refractivity contribution in [3.05, 3.63) is 80.8 Å². The van der Waals surface area contributed by atoms with Crippen LogP contribution in [-0.2, 0) is 25.6 Å². The minimum atomic E-state index is -0.596. The fourth-order valence-corrected chi connectivity index (χ4v) is 3.81. The summed E-state index contributed by atoms with van der Waals surface area (Å²) in [6.45, 7) is 0.534. The van der Waals surface area contributed by atoms with Crippen molar-refractivity contribution in [3.63, 3.8) is 0 Å². The summed E-state index contributed by atoms with van der Waals surface area (Å²) in [5.74, 6) is -1.59. The first-order chi connectivity index (χ1) is 13.0. The van der Waals surface area contributed by atoms with Crippen molar-refractivity contribution >= 4 is 34.9 Å². The lowest BCUT2D eigenvalue weighted by atomic mass is 9.83. The fraction of sp³-hybridized carbons (Fsp3) is 0.200. The maximum Gasteiger partial charge on any atom is 0.336 e. The Balaban J connectivity index is 2.07. The molecule has 0 aliphatic carbocycles. The van der Waals surface area contributed by atoms with E-state index in [-0.39, 0.29) is 0 Å². The molecule has 7 heteroatoms. The van der Waals surface area contributed by atoms with Crippen molar-refractivity contribution in [3.8, 4) is 0 Å². The van der Waals surface area contributed by atoms with Crippen LogP contribution in [0, 0.1) is 0 Å². The molecule has 0 radical (unpaired) electrons. The van der Waals surface area contributed by atoms with Crippen LogP contribution in [0.15, 0.2) is 65.3 Å². The number of benzene rings is 1. The van der Waals surface area contributed by atoms with E-state index in [4.69, 9.17) is 21.1 Å². The molecule has 140 valence electrons. The lowest BCUT2D eigenvalue weighted by molar-refractivity contribution is -0.137. The zero-order valence-corrected chi connectivity index (χ0v) is 16.4. The molecule has 0 saturated carbocycles. The predicted octanol–water partition coefficient (Wildman–Crippen LogP) is 4.11. The Labute approximate surface area is 166 Å². The van der Waals surface area contributed by atoms with E-state index in [9.17, 15) is 9.59 Å². The lowest BCUT2D eigenvalue weighted by Gasteiger charge is -2.29. The number of methoxy groups -OCH3 is 2. The van der Waals surface area contributed by atoms with Gasteiger partial charge in [-0.15, -0.1) is 11.3 Å². The molecular weight excluding hydrogens is 386 g/mol. The van der Waals surface area contributed by atoms with Gasteiger partial charge in [-0.3, -0.25) is 0 Å². The van der Waals surface area contributed by atoms with Crippen LogP contribution in [0.5, 0.6) is 0 Å². The molecule has 0 N–H and O–H groups in total. The molecule has 0 spiro atoms. The number of esters is 2. The number of ether oxygens (including phenoxy) is 2. The van der Waals surface area contributed by atoms with Crippen molar-refractivity contribution in [2.45, 2.75) is 12.5 Å². The zero-order chi connectivity index (χ0) is 19.4. The van der Waals surface area contributed by atoms with Gasteiger partial charge in [0.15, 0.2) is 0 Å². The molecule has 1 aromatic heterocycles. The first kappa shape index (κ1) is 19.2. The highest BCUT2D eigenvalue weighted by atomic mass is 35.5. The Morgan fingerprint density at radius 2 is 1.63 bits per heavy atom. The number of carbonyl (C=O) groups is 2. The molecule has 0 saturated heterocycles. The van der Waals surface area contributed by atoms with Crippen molar-refractivity contribution in [2.24, 2.45) is 0 Å². The molecule has 5 nitrogen and oxygen atoms in total. The molecule has 1 aliphatic heterocycles. The second-order valence-corrected chi connectivity index (χ2v) is 7.36. The summed E-state index contributed by atoms with van der Waals surface area (Å²) in [4.78, 5) is 27.9. The second kappa shape index (κ2) is 8.41. The number of halogens is 1. The van der Waals surface area contributed by atoms with Gasteiger partial charge in [-0.05, 0) is 29.1 Å². The number of carbonyl (C=O) groups excluding carboxylic acids is 2. The number of thiophene rings is 1. The van der Waals surface area contributed by atoms with Crippen LogP contribution in [0.3, 0.4) is 0 Å². The Hall–Kier alpha value is -2.57. The predicted molar refractivity (Wildman–Crippen MR) is 104 cm³/mol. The van der Waals surface area contributed by atoms with Gasteiger partial charge in [0.1, 0.15) is 0 Å². The van der Waals surface area contributed by atoms with Crippen LogP contribution < -0.4 is 0 Å². The van der Waals surface area contributed by atoms with Gasteiger partial charge >= 0.3 is 11.9 Å². The summed E-state index contributed by atoms with van der Waals surface area (Å²) in [7, 11) is 2.64. The zero-order valence-electron chi connectivity index (χ0n) is 14.8. The van der Waals surface area contributed by atoms with Gasteiger partial charge < -0.3 is 14.4 Å². The summed E-state index contributed by atoms with van der Waals surface area (Å²) >= 11 is 7.59. The third-order valence-corrected chi connectivity index (χ3v) is 5.31. The van der Waals surface area contributed by atoms with Crippen LogP contribution in [-0.4, -0.2) is 31.1 Å². The topological polar surface area (TPSA) is 55.8 Å². The highest BCUT2D eigenvalue weighted by molar-refractivity contribution is 7.09. The first-order valence-electron chi connectivity index (χ1n) is 8.17. The van der Waals surface area contributed by atoms with Gasteiger partial charge in [0.2, 0.25) is 0 Å². The number of rotatable bonds is 5. The summed E-state index contributed by atoms with van der Waals surface area (Å²) < 4.78 is 9.95. The monoisotopic (exact) mass is 403 g/mol. The fourth-order valence-electron chi connectivity index (χ4n) is 2.98. The number of hydrogen-bond acceptors (Lipinski definition) is 6. The Morgan fingerprint density at radius 3 is 2.11 bits per heavy atom. The normalized spacial score (nSPS) is 14.4. The molecule has 3 rings (SSSR count). The van der Waals surface area contributed by atoms with Crippen molar-refractivity contribution < 1.29 is 19.1 Å².